The number of rotatable bonds is 6. The third-order valence-electron chi connectivity index (χ3n) is 6.08. The number of amides is 1. The number of hydrogen-bond acceptors (Lipinski definition) is 5. The Morgan fingerprint density at radius 1 is 1.15 bits per heavy atom. The molecule has 1 aliphatic rings. The number of aromatic amines is 1. The van der Waals surface area contributed by atoms with Crippen molar-refractivity contribution < 1.29 is 13.9 Å². The van der Waals surface area contributed by atoms with Crippen molar-refractivity contribution in [2.75, 3.05) is 12.4 Å². The van der Waals surface area contributed by atoms with Crippen LogP contribution in [-0.2, 0) is 4.79 Å². The third kappa shape index (κ3) is 4.24. The monoisotopic (exact) mass is 477 g/mol. The second-order valence-electron chi connectivity index (χ2n) is 8.29. The van der Waals surface area contributed by atoms with Gasteiger partial charge in [-0.25, -0.2) is 4.39 Å². The van der Waals surface area contributed by atoms with Crippen LogP contribution in [0.25, 0.3) is 22.5 Å². The fourth-order valence-electron chi connectivity index (χ4n) is 4.20. The number of nitrogens with one attached hydrogen (secondary N) is 2. The first-order valence-electron chi connectivity index (χ1n) is 10.7. The van der Waals surface area contributed by atoms with Crippen LogP contribution >= 0.6 is 11.6 Å². The van der Waals surface area contributed by atoms with Crippen LogP contribution < -0.4 is 10.1 Å². The van der Waals surface area contributed by atoms with Gasteiger partial charge >= 0.3 is 0 Å². The van der Waals surface area contributed by atoms with Crippen LogP contribution in [0, 0.1) is 18.7 Å². The summed E-state index contributed by atoms with van der Waals surface area (Å²) in [6.45, 7) is 1.91. The molecule has 0 aliphatic heterocycles. The molecule has 0 spiro atoms. The fraction of sp³-hybridized carbons (Fsp3) is 0.200. The second kappa shape index (κ2) is 8.87. The van der Waals surface area contributed by atoms with Crippen molar-refractivity contribution in [2.45, 2.75) is 19.3 Å². The first-order chi connectivity index (χ1) is 16.4. The van der Waals surface area contributed by atoms with Gasteiger partial charge in [0.05, 0.1) is 12.8 Å². The van der Waals surface area contributed by atoms with Gasteiger partial charge in [0.2, 0.25) is 11.7 Å². The molecule has 2 N–H and O–H groups in total. The molecule has 1 heterocycles. The SMILES string of the molecule is COc1ccc(-c2cc(F)c(NC(=O)C3CC3c3ccc(Cl)cc3)cc2-c2nn[nH]n2)cc1C. The van der Waals surface area contributed by atoms with Crippen LogP contribution in [0.1, 0.15) is 23.5 Å². The van der Waals surface area contributed by atoms with E-state index in [2.05, 4.69) is 25.9 Å². The van der Waals surface area contributed by atoms with E-state index in [0.29, 0.717) is 28.4 Å². The maximum absolute atomic E-state index is 15.2. The lowest BCUT2D eigenvalue weighted by atomic mass is 9.96. The molecule has 1 aromatic heterocycles. The second-order valence-corrected chi connectivity index (χ2v) is 8.72. The summed E-state index contributed by atoms with van der Waals surface area (Å²) in [5.74, 6) is 0.119. The summed E-state index contributed by atoms with van der Waals surface area (Å²) in [4.78, 5) is 12.9. The Morgan fingerprint density at radius 2 is 1.94 bits per heavy atom. The molecule has 1 saturated carbocycles. The average molecular weight is 478 g/mol. The molecule has 0 radical (unpaired) electrons. The topological polar surface area (TPSA) is 92.8 Å². The van der Waals surface area contributed by atoms with Crippen molar-refractivity contribution in [1.29, 1.82) is 0 Å². The first-order valence-corrected chi connectivity index (χ1v) is 11.1. The molecule has 9 heteroatoms. The number of carbonyl (C=O) groups excluding carboxylic acids is 1. The quantitative estimate of drug-likeness (QED) is 0.388. The maximum atomic E-state index is 15.2. The van der Waals surface area contributed by atoms with Gasteiger partial charge in [0, 0.05) is 16.5 Å². The highest BCUT2D eigenvalue weighted by Gasteiger charge is 2.44. The Balaban J connectivity index is 1.45. The highest BCUT2D eigenvalue weighted by atomic mass is 35.5. The smallest absolute Gasteiger partial charge is 0.228 e. The first kappa shape index (κ1) is 22.0. The molecule has 34 heavy (non-hydrogen) atoms. The Hall–Kier alpha value is -3.78. The lowest BCUT2D eigenvalue weighted by molar-refractivity contribution is -0.117. The molecule has 172 valence electrons. The van der Waals surface area contributed by atoms with Crippen molar-refractivity contribution in [2.24, 2.45) is 5.92 Å². The number of methoxy groups -OCH3 is 1. The van der Waals surface area contributed by atoms with Crippen LogP contribution in [0.4, 0.5) is 10.1 Å². The molecule has 2 atom stereocenters. The molecule has 4 aromatic rings. The molecule has 5 rings (SSSR count). The predicted molar refractivity (Wildman–Crippen MR) is 127 cm³/mol. The number of carbonyl (C=O) groups is 1. The minimum absolute atomic E-state index is 0.0699. The van der Waals surface area contributed by atoms with E-state index in [4.69, 9.17) is 16.3 Å². The number of benzene rings is 3. The number of tetrazole rings is 1. The Labute approximate surface area is 200 Å². The summed E-state index contributed by atoms with van der Waals surface area (Å²) in [6.07, 6.45) is 0.704. The van der Waals surface area contributed by atoms with Gasteiger partial charge in [-0.15, -0.1) is 10.2 Å². The number of halogens is 2. The van der Waals surface area contributed by atoms with Crippen LogP contribution in [0.3, 0.4) is 0 Å². The molecule has 0 bridgehead atoms. The largest absolute Gasteiger partial charge is 0.496 e. The van der Waals surface area contributed by atoms with Crippen molar-refractivity contribution in [1.82, 2.24) is 20.6 Å². The van der Waals surface area contributed by atoms with E-state index < -0.39 is 5.82 Å². The molecule has 0 saturated heterocycles. The van der Waals surface area contributed by atoms with Crippen molar-refractivity contribution in [3.63, 3.8) is 0 Å². The number of ether oxygens (including phenoxy) is 1. The highest BCUT2D eigenvalue weighted by Crippen LogP contribution is 2.48. The van der Waals surface area contributed by atoms with Gasteiger partial charge in [-0.2, -0.15) is 5.21 Å². The number of aryl methyl sites for hydroxylation is 1. The number of hydrogen-bond donors (Lipinski definition) is 2. The Kier molecular flexibility index (Phi) is 5.75. The molecule has 1 aliphatic carbocycles. The number of nitrogens with zero attached hydrogens (tertiary/aromatic N) is 3. The Bertz CT molecular complexity index is 1360. The summed E-state index contributed by atoms with van der Waals surface area (Å²) in [6, 6.07) is 15.9. The van der Waals surface area contributed by atoms with Gasteiger partial charge in [-0.3, -0.25) is 4.79 Å². The standard InChI is InChI=1S/C25H21ClFN5O2/c1-13-9-15(5-8-23(13)34-2)18-11-21(27)22(12-19(18)24-29-31-32-30-24)28-25(33)20-10-17(20)14-3-6-16(26)7-4-14/h3-9,11-12,17,20H,10H2,1-2H3,(H,28,33)(H,29,30,31,32). The molecule has 2 unspecified atom stereocenters. The fourth-order valence-corrected chi connectivity index (χ4v) is 4.33. The lowest BCUT2D eigenvalue weighted by Gasteiger charge is -2.14. The van der Waals surface area contributed by atoms with Crippen molar-refractivity contribution in [3.8, 4) is 28.3 Å². The van der Waals surface area contributed by atoms with Gasteiger partial charge in [-0.05, 0) is 83.1 Å². The number of aromatic nitrogens is 4. The van der Waals surface area contributed by atoms with E-state index in [0.717, 1.165) is 22.4 Å². The zero-order valence-electron chi connectivity index (χ0n) is 18.5. The Morgan fingerprint density at radius 3 is 2.62 bits per heavy atom. The predicted octanol–water partition coefficient (Wildman–Crippen LogP) is 5.39. The average Bonchev–Trinajstić information content (AvgIpc) is 3.45. The molecule has 3 aromatic carbocycles. The van der Waals surface area contributed by atoms with Crippen LogP contribution in [0.5, 0.6) is 5.75 Å². The van der Waals surface area contributed by atoms with Crippen LogP contribution in [0.15, 0.2) is 54.6 Å². The van der Waals surface area contributed by atoms with E-state index >= 15 is 4.39 Å². The van der Waals surface area contributed by atoms with Gasteiger partial charge in [0.1, 0.15) is 11.6 Å². The van der Waals surface area contributed by atoms with E-state index in [1.54, 1.807) is 25.3 Å². The summed E-state index contributed by atoms with van der Waals surface area (Å²) >= 11 is 5.95. The highest BCUT2D eigenvalue weighted by molar-refractivity contribution is 6.30. The zero-order chi connectivity index (χ0) is 23.8. The molecule has 1 fully saturated rings. The van der Waals surface area contributed by atoms with E-state index in [1.165, 1.54) is 6.07 Å². The maximum Gasteiger partial charge on any atom is 0.228 e. The normalized spacial score (nSPS) is 16.8. The summed E-state index contributed by atoms with van der Waals surface area (Å²) in [5, 5.41) is 17.6. The van der Waals surface area contributed by atoms with Gasteiger partial charge < -0.3 is 10.1 Å². The van der Waals surface area contributed by atoms with E-state index in [-0.39, 0.29) is 23.4 Å². The van der Waals surface area contributed by atoms with Gasteiger partial charge in [0.15, 0.2) is 0 Å². The molecular formula is C25H21ClFN5O2. The minimum atomic E-state index is -0.548. The number of anilines is 1. The summed E-state index contributed by atoms with van der Waals surface area (Å²) in [5.41, 5.74) is 3.90. The summed E-state index contributed by atoms with van der Waals surface area (Å²) in [7, 11) is 1.60. The van der Waals surface area contributed by atoms with Crippen molar-refractivity contribution in [3.05, 3.63) is 76.6 Å². The van der Waals surface area contributed by atoms with Crippen LogP contribution in [-0.4, -0.2) is 33.6 Å². The number of H-pyrrole nitrogens is 1. The molecular weight excluding hydrogens is 457 g/mol. The van der Waals surface area contributed by atoms with E-state index in [1.807, 2.05) is 37.3 Å². The molecule has 1 amide bonds. The lowest BCUT2D eigenvalue weighted by Crippen LogP contribution is -2.16. The van der Waals surface area contributed by atoms with E-state index in [9.17, 15) is 4.79 Å². The zero-order valence-corrected chi connectivity index (χ0v) is 19.2. The van der Waals surface area contributed by atoms with Gasteiger partial charge in [0.25, 0.3) is 0 Å². The summed E-state index contributed by atoms with van der Waals surface area (Å²) < 4.78 is 20.5. The molecule has 7 nitrogen and oxygen atoms in total. The van der Waals surface area contributed by atoms with Crippen molar-refractivity contribution >= 4 is 23.2 Å². The minimum Gasteiger partial charge on any atom is -0.496 e. The van der Waals surface area contributed by atoms with Crippen LogP contribution in [0.2, 0.25) is 5.02 Å². The van der Waals surface area contributed by atoms with Gasteiger partial charge in [-0.1, -0.05) is 29.8 Å². The third-order valence-corrected chi connectivity index (χ3v) is 6.33.